The molecular formula is C18H24N2O. The van der Waals surface area contributed by atoms with Gasteiger partial charge in [0.2, 0.25) is 5.91 Å². The van der Waals surface area contributed by atoms with E-state index in [2.05, 4.69) is 13.0 Å². The number of likely N-dealkylation sites (tertiary alicyclic amines) is 1. The van der Waals surface area contributed by atoms with E-state index in [1.54, 1.807) is 12.1 Å². The number of rotatable bonds is 4. The number of carbonyl (C=O) groups excluding carboxylic acids is 1. The van der Waals surface area contributed by atoms with E-state index in [0.29, 0.717) is 12.0 Å². The van der Waals surface area contributed by atoms with Crippen LogP contribution in [-0.2, 0) is 11.2 Å². The van der Waals surface area contributed by atoms with Crippen LogP contribution < -0.4 is 0 Å². The summed E-state index contributed by atoms with van der Waals surface area (Å²) in [6, 6.07) is 9.43. The van der Waals surface area contributed by atoms with Gasteiger partial charge in [-0.3, -0.25) is 4.79 Å². The Balaban J connectivity index is 1.89. The van der Waals surface area contributed by atoms with Crippen molar-refractivity contribution in [1.82, 2.24) is 4.90 Å². The highest BCUT2D eigenvalue weighted by Gasteiger charge is 2.20. The lowest BCUT2D eigenvalue weighted by molar-refractivity contribution is -0.130. The van der Waals surface area contributed by atoms with Gasteiger partial charge in [-0.25, -0.2) is 0 Å². The first-order chi connectivity index (χ1) is 10.2. The fraction of sp³-hybridized carbons (Fsp3) is 0.556. The quantitative estimate of drug-likeness (QED) is 0.849. The van der Waals surface area contributed by atoms with Crippen LogP contribution in [0.15, 0.2) is 24.3 Å². The van der Waals surface area contributed by atoms with Crippen molar-refractivity contribution in [2.24, 2.45) is 5.92 Å². The fourth-order valence-corrected chi connectivity index (χ4v) is 3.10. The molecular weight excluding hydrogens is 260 g/mol. The van der Waals surface area contributed by atoms with Crippen LogP contribution in [0.5, 0.6) is 0 Å². The molecule has 1 unspecified atom stereocenters. The summed E-state index contributed by atoms with van der Waals surface area (Å²) in [6.07, 6.45) is 6.51. The van der Waals surface area contributed by atoms with Gasteiger partial charge in [-0.2, -0.15) is 5.26 Å². The van der Waals surface area contributed by atoms with Crippen LogP contribution in [0.3, 0.4) is 0 Å². The number of hydrogen-bond donors (Lipinski definition) is 0. The summed E-state index contributed by atoms with van der Waals surface area (Å²) in [5, 5.41) is 8.79. The van der Waals surface area contributed by atoms with Gasteiger partial charge in [0.1, 0.15) is 0 Å². The fourth-order valence-electron chi connectivity index (χ4n) is 3.10. The Morgan fingerprint density at radius 1 is 1.29 bits per heavy atom. The Labute approximate surface area is 127 Å². The summed E-state index contributed by atoms with van der Waals surface area (Å²) in [5.74, 6) is 1.01. The van der Waals surface area contributed by atoms with E-state index in [9.17, 15) is 4.79 Å². The minimum atomic E-state index is 0.219. The molecule has 0 aliphatic carbocycles. The van der Waals surface area contributed by atoms with Gasteiger partial charge < -0.3 is 4.90 Å². The third-order valence-electron chi connectivity index (χ3n) is 4.34. The zero-order valence-corrected chi connectivity index (χ0v) is 12.8. The van der Waals surface area contributed by atoms with Crippen molar-refractivity contribution in [3.05, 3.63) is 35.4 Å². The molecule has 1 heterocycles. The van der Waals surface area contributed by atoms with Crippen LogP contribution in [0.2, 0.25) is 0 Å². The molecule has 0 spiro atoms. The average Bonchev–Trinajstić information content (AvgIpc) is 2.74. The van der Waals surface area contributed by atoms with Crippen molar-refractivity contribution in [3.63, 3.8) is 0 Å². The molecule has 1 aromatic carbocycles. The largest absolute Gasteiger partial charge is 0.342 e. The Morgan fingerprint density at radius 3 is 2.71 bits per heavy atom. The molecule has 112 valence electrons. The maximum Gasteiger partial charge on any atom is 0.226 e. The molecule has 2 rings (SSSR count). The van der Waals surface area contributed by atoms with Crippen molar-refractivity contribution in [3.8, 4) is 6.07 Å². The van der Waals surface area contributed by atoms with Gasteiger partial charge in [-0.05, 0) is 42.9 Å². The summed E-state index contributed by atoms with van der Waals surface area (Å²) < 4.78 is 0. The summed E-state index contributed by atoms with van der Waals surface area (Å²) in [6.45, 7) is 4.04. The van der Waals surface area contributed by atoms with Gasteiger partial charge in [-0.15, -0.1) is 0 Å². The molecule has 0 saturated carbocycles. The summed E-state index contributed by atoms with van der Waals surface area (Å²) in [5.41, 5.74) is 1.64. The number of amides is 1. The zero-order valence-electron chi connectivity index (χ0n) is 12.8. The third kappa shape index (κ3) is 4.60. The van der Waals surface area contributed by atoms with Crippen molar-refractivity contribution in [2.45, 2.75) is 45.4 Å². The van der Waals surface area contributed by atoms with E-state index in [0.717, 1.165) is 37.4 Å². The summed E-state index contributed by atoms with van der Waals surface area (Å²) in [7, 11) is 0. The lowest BCUT2D eigenvalue weighted by Gasteiger charge is -2.20. The molecule has 1 aliphatic heterocycles. The van der Waals surface area contributed by atoms with E-state index in [1.807, 2.05) is 17.0 Å². The number of carbonyl (C=O) groups is 1. The van der Waals surface area contributed by atoms with Crippen LogP contribution in [0.4, 0.5) is 0 Å². The minimum Gasteiger partial charge on any atom is -0.342 e. The van der Waals surface area contributed by atoms with Crippen LogP contribution in [0.25, 0.3) is 0 Å². The van der Waals surface area contributed by atoms with Gasteiger partial charge in [0.15, 0.2) is 0 Å². The van der Waals surface area contributed by atoms with Gasteiger partial charge in [0.05, 0.1) is 18.1 Å². The Hall–Kier alpha value is -1.82. The van der Waals surface area contributed by atoms with Gasteiger partial charge >= 0.3 is 0 Å². The van der Waals surface area contributed by atoms with E-state index >= 15 is 0 Å². The molecule has 0 radical (unpaired) electrons. The lowest BCUT2D eigenvalue weighted by Crippen LogP contribution is -2.33. The first-order valence-corrected chi connectivity index (χ1v) is 7.99. The first kappa shape index (κ1) is 15.6. The Morgan fingerprint density at radius 2 is 2.05 bits per heavy atom. The Kier molecular flexibility index (Phi) is 5.80. The standard InChI is InChI=1S/C18H24N2O/c1-2-4-15-5-3-11-20(12-10-15)18(21)13-16-6-8-17(14-19)9-7-16/h6-9,15H,2-5,10-13H2,1H3. The summed E-state index contributed by atoms with van der Waals surface area (Å²) in [4.78, 5) is 14.4. The molecule has 1 aliphatic rings. The molecule has 21 heavy (non-hydrogen) atoms. The van der Waals surface area contributed by atoms with Crippen molar-refractivity contribution in [1.29, 1.82) is 5.26 Å². The van der Waals surface area contributed by atoms with Crippen LogP contribution in [-0.4, -0.2) is 23.9 Å². The normalized spacial score (nSPS) is 18.9. The number of hydrogen-bond acceptors (Lipinski definition) is 2. The van der Waals surface area contributed by atoms with Crippen molar-refractivity contribution in [2.75, 3.05) is 13.1 Å². The smallest absolute Gasteiger partial charge is 0.226 e. The van der Waals surface area contributed by atoms with Crippen molar-refractivity contribution < 1.29 is 4.79 Å². The second-order valence-electron chi connectivity index (χ2n) is 5.95. The monoisotopic (exact) mass is 284 g/mol. The van der Waals surface area contributed by atoms with E-state index < -0.39 is 0 Å². The van der Waals surface area contributed by atoms with Gasteiger partial charge in [0.25, 0.3) is 0 Å². The highest BCUT2D eigenvalue weighted by atomic mass is 16.2. The molecule has 0 bridgehead atoms. The predicted octanol–water partition coefficient (Wildman–Crippen LogP) is 3.53. The first-order valence-electron chi connectivity index (χ1n) is 7.99. The maximum absolute atomic E-state index is 12.4. The summed E-state index contributed by atoms with van der Waals surface area (Å²) >= 11 is 0. The predicted molar refractivity (Wildman–Crippen MR) is 83.7 cm³/mol. The van der Waals surface area contributed by atoms with Crippen molar-refractivity contribution >= 4 is 5.91 Å². The molecule has 1 fully saturated rings. The third-order valence-corrected chi connectivity index (χ3v) is 4.34. The van der Waals surface area contributed by atoms with Crippen LogP contribution in [0, 0.1) is 17.2 Å². The van der Waals surface area contributed by atoms with E-state index in [-0.39, 0.29) is 5.91 Å². The number of nitriles is 1. The molecule has 1 amide bonds. The second kappa shape index (κ2) is 7.83. The number of benzene rings is 1. The van der Waals surface area contributed by atoms with Crippen LogP contribution >= 0.6 is 0 Å². The molecule has 0 N–H and O–H groups in total. The Bertz CT molecular complexity index is 501. The molecule has 1 atom stereocenters. The average molecular weight is 284 g/mol. The van der Waals surface area contributed by atoms with Gasteiger partial charge in [0, 0.05) is 13.1 Å². The maximum atomic E-state index is 12.4. The highest BCUT2D eigenvalue weighted by Crippen LogP contribution is 2.22. The molecule has 3 nitrogen and oxygen atoms in total. The van der Waals surface area contributed by atoms with E-state index in [4.69, 9.17) is 5.26 Å². The van der Waals surface area contributed by atoms with Gasteiger partial charge in [-0.1, -0.05) is 31.9 Å². The highest BCUT2D eigenvalue weighted by molar-refractivity contribution is 5.78. The lowest BCUT2D eigenvalue weighted by atomic mass is 9.96. The SMILES string of the molecule is CCCC1CCCN(C(=O)Cc2ccc(C#N)cc2)CC1. The second-order valence-corrected chi connectivity index (χ2v) is 5.95. The molecule has 1 saturated heterocycles. The van der Waals surface area contributed by atoms with E-state index in [1.165, 1.54) is 19.3 Å². The molecule has 1 aromatic rings. The van der Waals surface area contributed by atoms with Crippen LogP contribution in [0.1, 0.15) is 50.2 Å². The minimum absolute atomic E-state index is 0.219. The molecule has 3 heteroatoms. The number of nitrogens with zero attached hydrogens (tertiary/aromatic N) is 2. The topological polar surface area (TPSA) is 44.1 Å². The molecule has 0 aromatic heterocycles. The zero-order chi connectivity index (χ0) is 15.1.